The Morgan fingerprint density at radius 2 is 2.11 bits per heavy atom. The largest absolute Gasteiger partial charge is 0.247 e. The zero-order chi connectivity index (χ0) is 6.85. The van der Waals surface area contributed by atoms with E-state index in [0.29, 0.717) is 12.8 Å². The number of hydrogen-bond donors (Lipinski definition) is 0. The van der Waals surface area contributed by atoms with Crippen LogP contribution in [0.25, 0.3) is 0 Å². The van der Waals surface area contributed by atoms with Crippen molar-refractivity contribution in [3.05, 3.63) is 0 Å². The highest BCUT2D eigenvalue weighted by Crippen LogP contribution is 2.25. The molecule has 1 aliphatic rings. The minimum atomic E-state index is -0.835. The third-order valence-corrected chi connectivity index (χ3v) is 2.11. The molecule has 0 aliphatic heterocycles. The van der Waals surface area contributed by atoms with Gasteiger partial charge in [0, 0.05) is 0 Å². The average molecular weight is 152 g/mol. The molecule has 0 spiro atoms. The monoisotopic (exact) mass is 151 g/mol. The van der Waals surface area contributed by atoms with Crippen LogP contribution in [0.3, 0.4) is 0 Å². The van der Waals surface area contributed by atoms with Crippen LogP contribution in [0.15, 0.2) is 0 Å². The maximum atomic E-state index is 12.4. The highest BCUT2D eigenvalue weighted by Gasteiger charge is 2.28. The molecule has 3 atom stereocenters. The first-order valence-electron chi connectivity index (χ1n) is 3.14. The maximum absolute atomic E-state index is 12.4. The summed E-state index contributed by atoms with van der Waals surface area (Å²) in [5.74, 6) is 0. The summed E-state index contributed by atoms with van der Waals surface area (Å²) in [6.07, 6.45) is -0.529. The summed E-state index contributed by atoms with van der Waals surface area (Å²) in [6.45, 7) is 0. The van der Waals surface area contributed by atoms with Crippen LogP contribution in [0, 0.1) is 0 Å². The lowest BCUT2D eigenvalue weighted by atomic mass is 9.96. The highest BCUT2D eigenvalue weighted by molar-refractivity contribution is 6.21. The van der Waals surface area contributed by atoms with Gasteiger partial charge in [-0.05, 0) is 19.3 Å². The smallest absolute Gasteiger partial charge is 0.109 e. The highest BCUT2D eigenvalue weighted by atomic mass is 35.5. The number of rotatable bonds is 0. The molecule has 0 aromatic carbocycles. The molecular weight excluding hydrogens is 143 g/mol. The predicted octanol–water partition coefficient (Wildman–Crippen LogP) is 1.91. The van der Waals surface area contributed by atoms with Crippen molar-refractivity contribution in [3.8, 4) is 0 Å². The molecule has 0 aromatic rings. The zero-order valence-corrected chi connectivity index (χ0v) is 5.77. The topological polar surface area (TPSA) is 19.9 Å². The molecule has 0 amide bonds. The molecule has 53 valence electrons. The summed E-state index contributed by atoms with van der Waals surface area (Å²) < 4.78 is 12.4. The van der Waals surface area contributed by atoms with E-state index in [1.165, 1.54) is 0 Å². The molecule has 1 rings (SSSR count). The van der Waals surface area contributed by atoms with E-state index in [-0.39, 0.29) is 6.42 Å². The fraction of sp³-hybridized carbons (Fsp3) is 1.00. The third-order valence-electron chi connectivity index (χ3n) is 1.65. The van der Waals surface area contributed by atoms with E-state index >= 15 is 0 Å². The molecule has 1 fully saturated rings. The van der Waals surface area contributed by atoms with Crippen molar-refractivity contribution >= 4 is 11.6 Å². The molecule has 1 saturated carbocycles. The van der Waals surface area contributed by atoms with Gasteiger partial charge < -0.3 is 0 Å². The van der Waals surface area contributed by atoms with E-state index < -0.39 is 17.7 Å². The molecule has 1 nitrogen and oxygen atoms in total. The van der Waals surface area contributed by atoms with E-state index in [1.807, 2.05) is 0 Å². The second-order valence-corrected chi connectivity index (χ2v) is 3.03. The molecule has 0 aromatic heterocycles. The molecule has 0 saturated heterocycles. The molecule has 1 radical (unpaired) electrons. The quantitative estimate of drug-likeness (QED) is 0.472. The van der Waals surface area contributed by atoms with Crippen LogP contribution in [0.4, 0.5) is 4.39 Å². The van der Waals surface area contributed by atoms with Crippen molar-refractivity contribution in [2.45, 2.75) is 36.9 Å². The molecule has 3 heteroatoms. The van der Waals surface area contributed by atoms with E-state index in [4.69, 9.17) is 11.6 Å². The van der Waals surface area contributed by atoms with Crippen LogP contribution in [-0.2, 0) is 5.11 Å². The second-order valence-electron chi connectivity index (χ2n) is 2.46. The van der Waals surface area contributed by atoms with Gasteiger partial charge in [-0.2, -0.15) is 0 Å². The van der Waals surface area contributed by atoms with Crippen molar-refractivity contribution in [3.63, 3.8) is 0 Å². The third kappa shape index (κ3) is 1.80. The molecule has 0 bridgehead atoms. The van der Waals surface area contributed by atoms with Gasteiger partial charge in [0.15, 0.2) is 0 Å². The standard InChI is InChI=1S/C6H9ClFO/c7-5-3-4(8)1-2-6(5)9/h4-6H,1-3H2. The van der Waals surface area contributed by atoms with Crippen molar-refractivity contribution in [2.75, 3.05) is 0 Å². The first kappa shape index (κ1) is 7.29. The van der Waals surface area contributed by atoms with Gasteiger partial charge in [-0.3, -0.25) is 0 Å². The zero-order valence-electron chi connectivity index (χ0n) is 5.02. The lowest BCUT2D eigenvalue weighted by Crippen LogP contribution is -2.29. The first-order chi connectivity index (χ1) is 4.20. The Hall–Kier alpha value is 0.180. The Bertz CT molecular complexity index is 99.1. The van der Waals surface area contributed by atoms with Gasteiger partial charge in [-0.1, -0.05) is 0 Å². The summed E-state index contributed by atoms with van der Waals surface area (Å²) in [4.78, 5) is 0. The van der Waals surface area contributed by atoms with Crippen LogP contribution in [0.2, 0.25) is 0 Å². The summed E-state index contributed by atoms with van der Waals surface area (Å²) >= 11 is 5.51. The molecule has 3 unspecified atom stereocenters. The molecule has 0 heterocycles. The summed E-state index contributed by atoms with van der Waals surface area (Å²) in [5.41, 5.74) is 0. The van der Waals surface area contributed by atoms with Gasteiger partial charge in [0.1, 0.15) is 12.3 Å². The fourth-order valence-corrected chi connectivity index (χ4v) is 1.36. The molecule has 9 heavy (non-hydrogen) atoms. The van der Waals surface area contributed by atoms with E-state index in [0.717, 1.165) is 0 Å². The number of hydrogen-bond acceptors (Lipinski definition) is 0. The lowest BCUT2D eigenvalue weighted by molar-refractivity contribution is 0.0390. The Kier molecular flexibility index (Phi) is 2.30. The van der Waals surface area contributed by atoms with Crippen LogP contribution < -0.4 is 0 Å². The van der Waals surface area contributed by atoms with Gasteiger partial charge in [0.05, 0.1) is 5.38 Å². The second kappa shape index (κ2) is 2.84. The van der Waals surface area contributed by atoms with E-state index in [2.05, 4.69) is 0 Å². The summed E-state index contributed by atoms with van der Waals surface area (Å²) in [5, 5.41) is 10.2. The summed E-state index contributed by atoms with van der Waals surface area (Å²) in [6, 6.07) is 0. The van der Waals surface area contributed by atoms with Gasteiger partial charge in [-0.25, -0.2) is 9.50 Å². The SMILES string of the molecule is [O]C1CCC(F)CC1Cl. The minimum Gasteiger partial charge on any atom is -0.247 e. The van der Waals surface area contributed by atoms with Gasteiger partial charge >= 0.3 is 0 Å². The van der Waals surface area contributed by atoms with Crippen molar-refractivity contribution in [1.29, 1.82) is 0 Å². The van der Waals surface area contributed by atoms with Crippen molar-refractivity contribution in [1.82, 2.24) is 0 Å². The predicted molar refractivity (Wildman–Crippen MR) is 32.9 cm³/mol. The van der Waals surface area contributed by atoms with Gasteiger partial charge in [0.25, 0.3) is 0 Å². The number of alkyl halides is 2. The van der Waals surface area contributed by atoms with Crippen molar-refractivity contribution < 1.29 is 9.50 Å². The Morgan fingerprint density at radius 3 is 2.56 bits per heavy atom. The fourth-order valence-electron chi connectivity index (χ4n) is 1.04. The molecular formula is C6H9ClFO. The van der Waals surface area contributed by atoms with Crippen LogP contribution in [-0.4, -0.2) is 17.7 Å². The first-order valence-corrected chi connectivity index (χ1v) is 3.57. The van der Waals surface area contributed by atoms with Crippen LogP contribution >= 0.6 is 11.6 Å². The normalized spacial score (nSPS) is 45.0. The molecule has 1 aliphatic carbocycles. The minimum absolute atomic E-state index is 0.246. The summed E-state index contributed by atoms with van der Waals surface area (Å²) in [7, 11) is 0. The van der Waals surface area contributed by atoms with Gasteiger partial charge in [-0.15, -0.1) is 11.6 Å². The Labute approximate surface area is 58.8 Å². The van der Waals surface area contributed by atoms with E-state index in [9.17, 15) is 9.50 Å². The van der Waals surface area contributed by atoms with E-state index in [1.54, 1.807) is 0 Å². The number of halogens is 2. The molecule has 0 N–H and O–H groups in total. The Morgan fingerprint density at radius 1 is 1.44 bits per heavy atom. The lowest BCUT2D eigenvalue weighted by Gasteiger charge is -2.22. The van der Waals surface area contributed by atoms with Crippen molar-refractivity contribution in [2.24, 2.45) is 0 Å². The van der Waals surface area contributed by atoms with Crippen LogP contribution in [0.1, 0.15) is 19.3 Å². The van der Waals surface area contributed by atoms with Crippen LogP contribution in [0.5, 0.6) is 0 Å². The Balaban J connectivity index is 2.35. The maximum Gasteiger partial charge on any atom is 0.109 e. The average Bonchev–Trinajstić information content (AvgIpc) is 1.80. The van der Waals surface area contributed by atoms with Gasteiger partial charge in [0.2, 0.25) is 0 Å².